The van der Waals surface area contributed by atoms with Crippen molar-refractivity contribution in [1.29, 1.82) is 0 Å². The van der Waals surface area contributed by atoms with Crippen molar-refractivity contribution in [3.63, 3.8) is 0 Å². The van der Waals surface area contributed by atoms with Crippen LogP contribution < -0.4 is 10.1 Å². The molecule has 1 aliphatic rings. The normalized spacial score (nSPS) is 14.7. The Bertz CT molecular complexity index is 949. The molecule has 1 fully saturated rings. The van der Waals surface area contributed by atoms with Crippen LogP contribution in [0.15, 0.2) is 42.5 Å². The van der Waals surface area contributed by atoms with E-state index in [2.05, 4.69) is 5.32 Å². The molecule has 0 saturated heterocycles. The minimum Gasteiger partial charge on any atom is -0.497 e. The molecule has 8 heteroatoms. The van der Waals surface area contributed by atoms with E-state index in [4.69, 9.17) is 27.9 Å². The molecule has 0 aliphatic heterocycles. The van der Waals surface area contributed by atoms with Gasteiger partial charge in [-0.3, -0.25) is 9.59 Å². The highest BCUT2D eigenvalue weighted by Crippen LogP contribution is 2.25. The minimum absolute atomic E-state index is 0.0892. The monoisotopic (exact) mass is 508 g/mol. The minimum atomic E-state index is -0.589. The van der Waals surface area contributed by atoms with Crippen molar-refractivity contribution in [2.75, 3.05) is 12.9 Å². The fourth-order valence-electron chi connectivity index (χ4n) is 3.87. The third-order valence-electron chi connectivity index (χ3n) is 5.86. The van der Waals surface area contributed by atoms with Crippen LogP contribution in [-0.4, -0.2) is 41.7 Å². The predicted molar refractivity (Wildman–Crippen MR) is 136 cm³/mol. The van der Waals surface area contributed by atoms with E-state index in [1.165, 1.54) is 11.8 Å². The molecule has 178 valence electrons. The van der Waals surface area contributed by atoms with Crippen LogP contribution >= 0.6 is 35.0 Å². The summed E-state index contributed by atoms with van der Waals surface area (Å²) in [5, 5.41) is 4.00. The molecule has 0 radical (unpaired) electrons. The molecule has 2 aromatic carbocycles. The van der Waals surface area contributed by atoms with Gasteiger partial charge < -0.3 is 15.0 Å². The van der Waals surface area contributed by atoms with Gasteiger partial charge in [0.05, 0.1) is 22.9 Å². The highest BCUT2D eigenvalue weighted by molar-refractivity contribution is 7.99. The van der Waals surface area contributed by atoms with Gasteiger partial charge in [-0.1, -0.05) is 54.2 Å². The van der Waals surface area contributed by atoms with Crippen molar-refractivity contribution in [2.45, 2.75) is 57.0 Å². The quantitative estimate of drug-likeness (QED) is 0.446. The van der Waals surface area contributed by atoms with Crippen molar-refractivity contribution in [1.82, 2.24) is 10.2 Å². The number of ether oxygens (including phenoxy) is 1. The Balaban J connectivity index is 1.66. The fraction of sp³-hybridized carbons (Fsp3) is 0.440. The van der Waals surface area contributed by atoms with Gasteiger partial charge in [0.1, 0.15) is 11.8 Å². The van der Waals surface area contributed by atoms with E-state index in [-0.39, 0.29) is 30.2 Å². The number of carbonyl (C=O) groups excluding carboxylic acids is 2. The van der Waals surface area contributed by atoms with Crippen LogP contribution in [0.2, 0.25) is 10.0 Å². The van der Waals surface area contributed by atoms with Crippen LogP contribution in [0.4, 0.5) is 0 Å². The van der Waals surface area contributed by atoms with Crippen LogP contribution in [0, 0.1) is 0 Å². The molecule has 2 amide bonds. The van der Waals surface area contributed by atoms with E-state index >= 15 is 0 Å². The summed E-state index contributed by atoms with van der Waals surface area (Å²) in [6.07, 6.45) is 4.26. The van der Waals surface area contributed by atoms with Gasteiger partial charge in [0.2, 0.25) is 11.8 Å². The average Bonchev–Trinajstić information content (AvgIpc) is 3.32. The Hall–Kier alpha value is -1.89. The maximum atomic E-state index is 13.2. The summed E-state index contributed by atoms with van der Waals surface area (Å²) in [5.74, 6) is 1.56. The third-order valence-corrected chi connectivity index (χ3v) is 7.59. The smallest absolute Gasteiger partial charge is 0.242 e. The van der Waals surface area contributed by atoms with E-state index in [1.807, 2.05) is 30.3 Å². The van der Waals surface area contributed by atoms with Crippen molar-refractivity contribution < 1.29 is 14.3 Å². The maximum absolute atomic E-state index is 13.2. The van der Waals surface area contributed by atoms with Crippen molar-refractivity contribution in [3.05, 3.63) is 63.6 Å². The second kappa shape index (κ2) is 12.5. The lowest BCUT2D eigenvalue weighted by atomic mass is 10.1. The highest BCUT2D eigenvalue weighted by Gasteiger charge is 2.28. The van der Waals surface area contributed by atoms with Crippen LogP contribution in [0.1, 0.15) is 43.7 Å². The first-order chi connectivity index (χ1) is 15.9. The first-order valence-electron chi connectivity index (χ1n) is 11.1. The number of halogens is 2. The van der Waals surface area contributed by atoms with E-state index in [1.54, 1.807) is 31.1 Å². The summed E-state index contributed by atoms with van der Waals surface area (Å²) in [6.45, 7) is 2.08. The van der Waals surface area contributed by atoms with Crippen molar-refractivity contribution >= 4 is 46.8 Å². The Morgan fingerprint density at radius 2 is 1.76 bits per heavy atom. The molecule has 1 unspecified atom stereocenters. The summed E-state index contributed by atoms with van der Waals surface area (Å²) in [4.78, 5) is 27.8. The molecule has 2 aromatic rings. The number of thioether (sulfide) groups is 1. The lowest BCUT2D eigenvalue weighted by Gasteiger charge is -2.30. The number of methoxy groups -OCH3 is 1. The van der Waals surface area contributed by atoms with Gasteiger partial charge in [-0.05, 0) is 55.2 Å². The number of nitrogens with one attached hydrogen (secondary N) is 1. The van der Waals surface area contributed by atoms with E-state index < -0.39 is 6.04 Å². The first kappa shape index (κ1) is 25.7. The molecule has 0 bridgehead atoms. The summed E-state index contributed by atoms with van der Waals surface area (Å²) in [5.41, 5.74) is 1.94. The molecule has 0 heterocycles. The Morgan fingerprint density at radius 3 is 2.39 bits per heavy atom. The van der Waals surface area contributed by atoms with Crippen molar-refractivity contribution in [3.8, 4) is 5.75 Å². The summed E-state index contributed by atoms with van der Waals surface area (Å²) >= 11 is 13.7. The van der Waals surface area contributed by atoms with Crippen LogP contribution in [-0.2, 0) is 21.9 Å². The number of benzene rings is 2. The van der Waals surface area contributed by atoms with Gasteiger partial charge >= 0.3 is 0 Å². The molecule has 3 rings (SSSR count). The summed E-state index contributed by atoms with van der Waals surface area (Å²) < 4.78 is 5.19. The second-order valence-corrected chi connectivity index (χ2v) is 10.1. The average molecular weight is 509 g/mol. The van der Waals surface area contributed by atoms with Gasteiger partial charge in [0, 0.05) is 18.3 Å². The summed E-state index contributed by atoms with van der Waals surface area (Å²) in [7, 11) is 1.63. The molecule has 1 saturated carbocycles. The summed E-state index contributed by atoms with van der Waals surface area (Å²) in [6, 6.07) is 12.7. The number of amides is 2. The van der Waals surface area contributed by atoms with Crippen molar-refractivity contribution in [2.24, 2.45) is 0 Å². The van der Waals surface area contributed by atoms with Crippen LogP contribution in [0.5, 0.6) is 5.75 Å². The third kappa shape index (κ3) is 7.56. The number of hydrogen-bond acceptors (Lipinski definition) is 4. The zero-order chi connectivity index (χ0) is 23.8. The topological polar surface area (TPSA) is 58.6 Å². The van der Waals surface area contributed by atoms with Gasteiger partial charge in [-0.25, -0.2) is 0 Å². The van der Waals surface area contributed by atoms with Gasteiger partial charge in [-0.15, -0.1) is 11.8 Å². The van der Waals surface area contributed by atoms with Gasteiger partial charge in [-0.2, -0.15) is 0 Å². The standard InChI is InChI=1S/C25H30Cl2N2O3S/c1-17(25(31)28-20-5-3-4-6-20)29(14-19-9-12-22(26)23(27)13-19)24(30)16-33-15-18-7-10-21(32-2)11-8-18/h7-13,17,20H,3-6,14-16H2,1-2H3,(H,28,31). The molecule has 5 nitrogen and oxygen atoms in total. The van der Waals surface area contributed by atoms with E-state index in [0.717, 1.165) is 42.6 Å². The Morgan fingerprint density at radius 1 is 1.09 bits per heavy atom. The largest absolute Gasteiger partial charge is 0.497 e. The second-order valence-electron chi connectivity index (χ2n) is 8.28. The molecule has 1 atom stereocenters. The molecule has 1 aliphatic carbocycles. The van der Waals surface area contributed by atoms with E-state index in [9.17, 15) is 9.59 Å². The Kier molecular flexibility index (Phi) is 9.78. The highest BCUT2D eigenvalue weighted by atomic mass is 35.5. The van der Waals surface area contributed by atoms with Crippen LogP contribution in [0.3, 0.4) is 0 Å². The zero-order valence-corrected chi connectivity index (χ0v) is 21.3. The number of carbonyl (C=O) groups is 2. The molecule has 0 aromatic heterocycles. The van der Waals surface area contributed by atoms with Crippen LogP contribution in [0.25, 0.3) is 0 Å². The molecule has 1 N–H and O–H groups in total. The molecule has 33 heavy (non-hydrogen) atoms. The van der Waals surface area contributed by atoms with Gasteiger partial charge in [0.25, 0.3) is 0 Å². The maximum Gasteiger partial charge on any atom is 0.242 e. The molecular formula is C25H30Cl2N2O3S. The number of rotatable bonds is 10. The SMILES string of the molecule is COc1ccc(CSCC(=O)N(Cc2ccc(Cl)c(Cl)c2)C(C)C(=O)NC2CCCC2)cc1. The fourth-order valence-corrected chi connectivity index (χ4v) is 5.06. The zero-order valence-electron chi connectivity index (χ0n) is 19.0. The first-order valence-corrected chi connectivity index (χ1v) is 13.0. The number of hydrogen-bond donors (Lipinski definition) is 1. The molecule has 0 spiro atoms. The molecular weight excluding hydrogens is 479 g/mol. The lowest BCUT2D eigenvalue weighted by molar-refractivity contribution is -0.138. The predicted octanol–water partition coefficient (Wildman–Crippen LogP) is 5.71. The Labute approximate surface area is 210 Å². The van der Waals surface area contributed by atoms with Gasteiger partial charge in [0.15, 0.2) is 0 Å². The van der Waals surface area contributed by atoms with E-state index in [0.29, 0.717) is 15.8 Å². The lowest BCUT2D eigenvalue weighted by Crippen LogP contribution is -2.50. The number of nitrogens with zero attached hydrogens (tertiary/aromatic N) is 1.